The van der Waals surface area contributed by atoms with Gasteiger partial charge in [-0.3, -0.25) is 10.1 Å². The van der Waals surface area contributed by atoms with Crippen molar-refractivity contribution in [2.45, 2.75) is 6.54 Å². The van der Waals surface area contributed by atoms with Crippen molar-refractivity contribution in [2.75, 3.05) is 5.73 Å². The van der Waals surface area contributed by atoms with Gasteiger partial charge in [0.25, 0.3) is 0 Å². The number of halogens is 1. The zero-order valence-electron chi connectivity index (χ0n) is 8.71. The van der Waals surface area contributed by atoms with E-state index in [1.807, 2.05) is 0 Å². The van der Waals surface area contributed by atoms with Crippen LogP contribution in [0.15, 0.2) is 30.5 Å². The highest BCUT2D eigenvalue weighted by atomic mass is 19.1. The fourth-order valence-electron chi connectivity index (χ4n) is 1.44. The first-order chi connectivity index (χ1) is 8.09. The van der Waals surface area contributed by atoms with E-state index in [2.05, 4.69) is 5.10 Å². The minimum Gasteiger partial charge on any atom is -0.378 e. The molecule has 0 saturated heterocycles. The number of hydrogen-bond donors (Lipinski definition) is 1. The van der Waals surface area contributed by atoms with E-state index in [9.17, 15) is 14.5 Å². The highest BCUT2D eigenvalue weighted by Crippen LogP contribution is 2.21. The molecule has 0 aliphatic heterocycles. The van der Waals surface area contributed by atoms with Crippen LogP contribution in [-0.2, 0) is 6.54 Å². The number of rotatable bonds is 3. The van der Waals surface area contributed by atoms with Crippen molar-refractivity contribution in [1.29, 1.82) is 0 Å². The lowest BCUT2D eigenvalue weighted by atomic mass is 10.2. The molecule has 0 radical (unpaired) electrons. The monoisotopic (exact) mass is 236 g/mol. The Morgan fingerprint density at radius 2 is 2.18 bits per heavy atom. The molecule has 0 bridgehead atoms. The highest BCUT2D eigenvalue weighted by molar-refractivity contribution is 5.51. The predicted octanol–water partition coefficient (Wildman–Crippen LogP) is 1.56. The molecule has 2 aromatic rings. The van der Waals surface area contributed by atoms with E-state index in [1.165, 1.54) is 10.7 Å². The lowest BCUT2D eigenvalue weighted by Gasteiger charge is -2.04. The van der Waals surface area contributed by atoms with E-state index >= 15 is 0 Å². The Morgan fingerprint density at radius 1 is 1.47 bits per heavy atom. The molecule has 17 heavy (non-hydrogen) atoms. The van der Waals surface area contributed by atoms with Crippen LogP contribution in [0.25, 0.3) is 0 Å². The van der Waals surface area contributed by atoms with Gasteiger partial charge < -0.3 is 5.73 Å². The van der Waals surface area contributed by atoms with Gasteiger partial charge in [-0.05, 0) is 6.07 Å². The summed E-state index contributed by atoms with van der Waals surface area (Å²) in [7, 11) is 0. The Kier molecular flexibility index (Phi) is 2.73. The summed E-state index contributed by atoms with van der Waals surface area (Å²) in [4.78, 5) is 9.93. The SMILES string of the molecule is Nc1c([N+](=O)[O-])cnn1Cc1ccccc1F. The summed E-state index contributed by atoms with van der Waals surface area (Å²) in [5.41, 5.74) is 5.63. The second kappa shape index (κ2) is 4.20. The molecule has 1 heterocycles. The van der Waals surface area contributed by atoms with E-state index in [0.29, 0.717) is 5.56 Å². The third-order valence-corrected chi connectivity index (χ3v) is 2.33. The molecule has 88 valence electrons. The zero-order valence-corrected chi connectivity index (χ0v) is 8.71. The maximum absolute atomic E-state index is 13.4. The van der Waals surface area contributed by atoms with E-state index in [-0.39, 0.29) is 18.1 Å². The molecule has 0 atom stereocenters. The molecule has 0 amide bonds. The van der Waals surface area contributed by atoms with Gasteiger partial charge in [-0.25, -0.2) is 9.07 Å². The molecule has 0 unspecified atom stereocenters. The van der Waals surface area contributed by atoms with Crippen molar-refractivity contribution in [3.8, 4) is 0 Å². The predicted molar refractivity (Wildman–Crippen MR) is 58.8 cm³/mol. The third-order valence-electron chi connectivity index (χ3n) is 2.33. The van der Waals surface area contributed by atoms with Crippen molar-refractivity contribution in [3.05, 3.63) is 52.0 Å². The van der Waals surface area contributed by atoms with Crippen molar-refractivity contribution < 1.29 is 9.31 Å². The molecule has 0 spiro atoms. The molecular formula is C10H9FN4O2. The average Bonchev–Trinajstić information content (AvgIpc) is 2.64. The number of aromatic nitrogens is 2. The summed E-state index contributed by atoms with van der Waals surface area (Å²) in [5.74, 6) is -0.483. The van der Waals surface area contributed by atoms with Gasteiger partial charge in [0.05, 0.1) is 11.5 Å². The van der Waals surface area contributed by atoms with Gasteiger partial charge in [-0.1, -0.05) is 18.2 Å². The molecule has 0 aliphatic carbocycles. The van der Waals surface area contributed by atoms with Gasteiger partial charge in [0.15, 0.2) is 0 Å². The molecule has 2 rings (SSSR count). The number of nitro groups is 1. The lowest BCUT2D eigenvalue weighted by Crippen LogP contribution is -2.07. The Morgan fingerprint density at radius 3 is 2.76 bits per heavy atom. The molecule has 0 aliphatic rings. The summed E-state index contributed by atoms with van der Waals surface area (Å²) in [6.45, 7) is 0.0619. The fraction of sp³-hybridized carbons (Fsp3) is 0.100. The van der Waals surface area contributed by atoms with Crippen molar-refractivity contribution >= 4 is 11.5 Å². The van der Waals surface area contributed by atoms with Crippen LogP contribution in [0.4, 0.5) is 15.9 Å². The lowest BCUT2D eigenvalue weighted by molar-refractivity contribution is -0.384. The quantitative estimate of drug-likeness (QED) is 0.647. The van der Waals surface area contributed by atoms with Crippen molar-refractivity contribution in [2.24, 2.45) is 0 Å². The van der Waals surface area contributed by atoms with Crippen LogP contribution in [0.2, 0.25) is 0 Å². The van der Waals surface area contributed by atoms with Gasteiger partial charge in [0, 0.05) is 5.56 Å². The second-order valence-corrected chi connectivity index (χ2v) is 3.42. The maximum atomic E-state index is 13.4. The van der Waals surface area contributed by atoms with Gasteiger partial charge >= 0.3 is 5.69 Å². The van der Waals surface area contributed by atoms with E-state index in [1.54, 1.807) is 18.2 Å². The van der Waals surface area contributed by atoms with Crippen LogP contribution in [0.1, 0.15) is 5.56 Å². The summed E-state index contributed by atoms with van der Waals surface area (Å²) in [5, 5.41) is 14.3. The van der Waals surface area contributed by atoms with Gasteiger partial charge in [0.2, 0.25) is 5.82 Å². The molecule has 7 heteroatoms. The Balaban J connectivity index is 2.31. The topological polar surface area (TPSA) is 87.0 Å². The third kappa shape index (κ3) is 2.07. The normalized spacial score (nSPS) is 10.4. The smallest absolute Gasteiger partial charge is 0.330 e. The van der Waals surface area contributed by atoms with Crippen LogP contribution >= 0.6 is 0 Å². The van der Waals surface area contributed by atoms with Crippen LogP contribution in [0.5, 0.6) is 0 Å². The van der Waals surface area contributed by atoms with Gasteiger partial charge in [0.1, 0.15) is 12.0 Å². The first kappa shape index (κ1) is 11.1. The van der Waals surface area contributed by atoms with E-state index < -0.39 is 10.7 Å². The van der Waals surface area contributed by atoms with Crippen molar-refractivity contribution in [1.82, 2.24) is 9.78 Å². The number of anilines is 1. The minimum atomic E-state index is -0.625. The van der Waals surface area contributed by atoms with Crippen molar-refractivity contribution in [3.63, 3.8) is 0 Å². The standard InChI is InChI=1S/C10H9FN4O2/c11-8-4-2-1-3-7(8)6-14-10(12)9(5-13-14)15(16)17/h1-5H,6,12H2. The van der Waals surface area contributed by atoms with E-state index in [0.717, 1.165) is 6.20 Å². The first-order valence-electron chi connectivity index (χ1n) is 4.78. The first-order valence-corrected chi connectivity index (χ1v) is 4.78. The largest absolute Gasteiger partial charge is 0.378 e. The zero-order chi connectivity index (χ0) is 12.4. The summed E-state index contributed by atoms with van der Waals surface area (Å²) >= 11 is 0. The van der Waals surface area contributed by atoms with Gasteiger partial charge in [-0.15, -0.1) is 0 Å². The molecule has 1 aromatic carbocycles. The molecule has 0 fully saturated rings. The number of nitrogens with zero attached hydrogens (tertiary/aromatic N) is 3. The molecule has 0 saturated carbocycles. The maximum Gasteiger partial charge on any atom is 0.330 e. The number of hydrogen-bond acceptors (Lipinski definition) is 4. The molecule has 2 N–H and O–H groups in total. The fourth-order valence-corrected chi connectivity index (χ4v) is 1.44. The van der Waals surface area contributed by atoms with Crippen LogP contribution in [-0.4, -0.2) is 14.7 Å². The van der Waals surface area contributed by atoms with Crippen LogP contribution in [0.3, 0.4) is 0 Å². The molecule has 1 aromatic heterocycles. The molecular weight excluding hydrogens is 227 g/mol. The summed E-state index contributed by atoms with van der Waals surface area (Å²) in [6.07, 6.45) is 1.05. The minimum absolute atomic E-state index is 0.0619. The number of nitrogens with two attached hydrogens (primary N) is 1. The second-order valence-electron chi connectivity index (χ2n) is 3.42. The molecule has 6 nitrogen and oxygen atoms in total. The Labute approximate surface area is 95.6 Å². The number of benzene rings is 1. The summed E-state index contributed by atoms with van der Waals surface area (Å²) < 4.78 is 14.5. The van der Waals surface area contributed by atoms with Crippen LogP contribution < -0.4 is 5.73 Å². The van der Waals surface area contributed by atoms with Crippen LogP contribution in [0, 0.1) is 15.9 Å². The Bertz CT molecular complexity index is 567. The highest BCUT2D eigenvalue weighted by Gasteiger charge is 2.17. The summed E-state index contributed by atoms with van der Waals surface area (Å²) in [6, 6.07) is 6.12. The van der Waals surface area contributed by atoms with Gasteiger partial charge in [-0.2, -0.15) is 5.10 Å². The average molecular weight is 236 g/mol. The Hall–Kier alpha value is -2.44. The number of nitrogen functional groups attached to an aromatic ring is 1. The van der Waals surface area contributed by atoms with E-state index in [4.69, 9.17) is 5.73 Å².